The first-order valence-electron chi connectivity index (χ1n) is 6.09. The fourth-order valence-corrected chi connectivity index (χ4v) is 2.72. The number of hydrogen-bond acceptors (Lipinski definition) is 6. The highest BCUT2D eigenvalue weighted by Crippen LogP contribution is 2.16. The fourth-order valence-electron chi connectivity index (χ4n) is 1.67. The van der Waals surface area contributed by atoms with E-state index in [0.717, 1.165) is 6.42 Å². The van der Waals surface area contributed by atoms with Crippen LogP contribution in [0.2, 0.25) is 0 Å². The second-order valence-electron chi connectivity index (χ2n) is 4.32. The lowest BCUT2D eigenvalue weighted by molar-refractivity contribution is 0.575. The number of rotatable bonds is 6. The Hall–Kier alpha value is -1.94. The van der Waals surface area contributed by atoms with Crippen LogP contribution in [0.25, 0.3) is 0 Å². The van der Waals surface area contributed by atoms with Crippen molar-refractivity contribution in [3.8, 4) is 0 Å². The van der Waals surface area contributed by atoms with E-state index >= 15 is 0 Å². The van der Waals surface area contributed by atoms with Crippen LogP contribution in [-0.2, 0) is 30.2 Å². The quantitative estimate of drug-likeness (QED) is 0.740. The van der Waals surface area contributed by atoms with E-state index in [1.54, 1.807) is 11.6 Å². The second-order valence-corrected chi connectivity index (χ2v) is 6.06. The van der Waals surface area contributed by atoms with E-state index in [1.807, 2.05) is 6.92 Å². The third-order valence-electron chi connectivity index (χ3n) is 2.72. The second kappa shape index (κ2) is 5.59. The smallest absolute Gasteiger partial charge is 0.246 e. The van der Waals surface area contributed by atoms with Crippen molar-refractivity contribution >= 4 is 15.8 Å². The van der Waals surface area contributed by atoms with Gasteiger partial charge in [-0.1, -0.05) is 6.92 Å². The number of anilines is 1. The number of aryl methyl sites for hydroxylation is 2. The zero-order chi connectivity index (χ0) is 14.8. The summed E-state index contributed by atoms with van der Waals surface area (Å²) in [6, 6.07) is 0. The van der Waals surface area contributed by atoms with Crippen molar-refractivity contribution in [2.75, 3.05) is 5.73 Å². The van der Waals surface area contributed by atoms with Gasteiger partial charge in [0.25, 0.3) is 0 Å². The summed E-state index contributed by atoms with van der Waals surface area (Å²) < 4.78 is 29.9. The Morgan fingerprint density at radius 3 is 2.80 bits per heavy atom. The standard InChI is InChI=1S/C10H17N7O2S/c1-3-4-17-6-8(10(11)15-17)20(18,19)13-5-9-14-12-7-16(9)2/h6-7,13H,3-5H2,1-2H3,(H2,11,15). The molecule has 0 aliphatic rings. The predicted octanol–water partition coefficient (Wildman–Crippen LogP) is -0.518. The van der Waals surface area contributed by atoms with E-state index in [-0.39, 0.29) is 17.3 Å². The van der Waals surface area contributed by atoms with Gasteiger partial charge in [-0.2, -0.15) is 5.10 Å². The van der Waals surface area contributed by atoms with Gasteiger partial charge in [0, 0.05) is 19.8 Å². The summed E-state index contributed by atoms with van der Waals surface area (Å²) in [7, 11) is -1.99. The zero-order valence-electron chi connectivity index (χ0n) is 11.3. The molecular formula is C10H17N7O2S. The number of nitrogen functional groups attached to an aromatic ring is 1. The Bertz CT molecular complexity index is 688. The summed E-state index contributed by atoms with van der Waals surface area (Å²) in [4.78, 5) is -0.0203. The molecule has 0 atom stereocenters. The van der Waals surface area contributed by atoms with Crippen molar-refractivity contribution in [2.24, 2.45) is 7.05 Å². The van der Waals surface area contributed by atoms with Crippen LogP contribution in [0.15, 0.2) is 17.4 Å². The maximum absolute atomic E-state index is 12.2. The number of sulfonamides is 1. The summed E-state index contributed by atoms with van der Waals surface area (Å²) in [5.74, 6) is 0.497. The van der Waals surface area contributed by atoms with Gasteiger partial charge in [0.05, 0.1) is 6.54 Å². The summed E-state index contributed by atoms with van der Waals surface area (Å²) in [6.45, 7) is 2.62. The molecule has 0 amide bonds. The van der Waals surface area contributed by atoms with Gasteiger partial charge in [0.1, 0.15) is 17.0 Å². The van der Waals surface area contributed by atoms with E-state index in [4.69, 9.17) is 5.73 Å². The highest BCUT2D eigenvalue weighted by Gasteiger charge is 2.21. The monoisotopic (exact) mass is 299 g/mol. The lowest BCUT2D eigenvalue weighted by Gasteiger charge is -2.04. The number of nitrogens with two attached hydrogens (primary N) is 1. The van der Waals surface area contributed by atoms with Crippen LogP contribution >= 0.6 is 0 Å². The average molecular weight is 299 g/mol. The Morgan fingerprint density at radius 1 is 1.45 bits per heavy atom. The molecule has 0 saturated carbocycles. The molecule has 0 fully saturated rings. The molecule has 9 nitrogen and oxygen atoms in total. The number of nitrogens with one attached hydrogen (secondary N) is 1. The minimum atomic E-state index is -3.72. The molecule has 0 bridgehead atoms. The molecule has 0 saturated heterocycles. The van der Waals surface area contributed by atoms with E-state index in [0.29, 0.717) is 12.4 Å². The van der Waals surface area contributed by atoms with Crippen molar-refractivity contribution < 1.29 is 8.42 Å². The van der Waals surface area contributed by atoms with E-state index in [9.17, 15) is 8.42 Å². The molecule has 2 aromatic rings. The molecule has 0 spiro atoms. The predicted molar refractivity (Wildman–Crippen MR) is 72.0 cm³/mol. The Kier molecular flexibility index (Phi) is 4.04. The number of aromatic nitrogens is 5. The van der Waals surface area contributed by atoms with E-state index in [2.05, 4.69) is 20.0 Å². The van der Waals surface area contributed by atoms with Gasteiger partial charge < -0.3 is 10.3 Å². The topological polar surface area (TPSA) is 121 Å². The highest BCUT2D eigenvalue weighted by molar-refractivity contribution is 7.89. The molecule has 2 aromatic heterocycles. The molecule has 3 N–H and O–H groups in total. The van der Waals surface area contributed by atoms with Crippen molar-refractivity contribution in [3.05, 3.63) is 18.3 Å². The third kappa shape index (κ3) is 2.96. The molecule has 20 heavy (non-hydrogen) atoms. The Balaban J connectivity index is 2.16. The lowest BCUT2D eigenvalue weighted by atomic mass is 10.5. The molecule has 0 aliphatic carbocycles. The molecule has 2 rings (SSSR count). The SMILES string of the molecule is CCCn1cc(S(=O)(=O)NCc2nncn2C)c(N)n1. The average Bonchev–Trinajstić information content (AvgIpc) is 2.94. The van der Waals surface area contributed by atoms with Gasteiger partial charge in [-0.3, -0.25) is 4.68 Å². The molecule has 2 heterocycles. The first-order chi connectivity index (χ1) is 9.44. The van der Waals surface area contributed by atoms with Crippen LogP contribution in [0.1, 0.15) is 19.2 Å². The lowest BCUT2D eigenvalue weighted by Crippen LogP contribution is -2.25. The minimum Gasteiger partial charge on any atom is -0.381 e. The van der Waals surface area contributed by atoms with Crippen molar-refractivity contribution in [1.82, 2.24) is 29.3 Å². The van der Waals surface area contributed by atoms with Gasteiger partial charge in [-0.25, -0.2) is 13.1 Å². The summed E-state index contributed by atoms with van der Waals surface area (Å²) in [5.41, 5.74) is 5.65. The minimum absolute atomic E-state index is 0.0103. The largest absolute Gasteiger partial charge is 0.381 e. The molecule has 0 aromatic carbocycles. The Morgan fingerprint density at radius 2 is 2.20 bits per heavy atom. The van der Waals surface area contributed by atoms with Crippen molar-refractivity contribution in [2.45, 2.75) is 31.3 Å². The van der Waals surface area contributed by atoms with Crippen LogP contribution < -0.4 is 10.5 Å². The van der Waals surface area contributed by atoms with Gasteiger partial charge in [-0.05, 0) is 6.42 Å². The molecule has 10 heteroatoms. The zero-order valence-corrected chi connectivity index (χ0v) is 12.1. The molecule has 0 radical (unpaired) electrons. The van der Waals surface area contributed by atoms with Crippen molar-refractivity contribution in [1.29, 1.82) is 0 Å². The normalized spacial score (nSPS) is 11.9. The third-order valence-corrected chi connectivity index (χ3v) is 4.14. The molecule has 0 unspecified atom stereocenters. The van der Waals surface area contributed by atoms with Gasteiger partial charge in [0.2, 0.25) is 10.0 Å². The van der Waals surface area contributed by atoms with Crippen LogP contribution in [0.4, 0.5) is 5.82 Å². The van der Waals surface area contributed by atoms with E-state index in [1.165, 1.54) is 17.2 Å². The van der Waals surface area contributed by atoms with Crippen LogP contribution in [0.3, 0.4) is 0 Å². The first kappa shape index (κ1) is 14.5. The Labute approximate surface area is 116 Å². The summed E-state index contributed by atoms with van der Waals surface area (Å²) in [5, 5.41) is 11.5. The maximum Gasteiger partial charge on any atom is 0.246 e. The molecule has 0 aliphatic heterocycles. The first-order valence-corrected chi connectivity index (χ1v) is 7.58. The number of hydrogen-bond donors (Lipinski definition) is 2. The summed E-state index contributed by atoms with van der Waals surface area (Å²) in [6.07, 6.45) is 3.77. The van der Waals surface area contributed by atoms with Gasteiger partial charge >= 0.3 is 0 Å². The van der Waals surface area contributed by atoms with Gasteiger partial charge in [-0.15, -0.1) is 10.2 Å². The molecule has 110 valence electrons. The summed E-state index contributed by atoms with van der Waals surface area (Å²) >= 11 is 0. The van der Waals surface area contributed by atoms with Gasteiger partial charge in [0.15, 0.2) is 5.82 Å². The van der Waals surface area contributed by atoms with Crippen LogP contribution in [0, 0.1) is 0 Å². The van der Waals surface area contributed by atoms with Crippen LogP contribution in [-0.4, -0.2) is 33.0 Å². The fraction of sp³-hybridized carbons (Fsp3) is 0.500. The van der Waals surface area contributed by atoms with Crippen molar-refractivity contribution in [3.63, 3.8) is 0 Å². The van der Waals surface area contributed by atoms with Crippen LogP contribution in [0.5, 0.6) is 0 Å². The van der Waals surface area contributed by atoms with E-state index < -0.39 is 10.0 Å². The molecular weight excluding hydrogens is 282 g/mol. The number of nitrogens with zero attached hydrogens (tertiary/aromatic N) is 5. The maximum atomic E-state index is 12.2. The highest BCUT2D eigenvalue weighted by atomic mass is 32.2.